The standard InChI is InChI=1S/C12H14N4O2/c1-2-9(12(17)18)15-10-5-3-6-13-11(10)16-8-4-7-14-16/h3-9,15H,2H2,1H3,(H,17,18). The number of nitrogens with zero attached hydrogens (tertiary/aromatic N) is 3. The van der Waals surface area contributed by atoms with Gasteiger partial charge in [-0.05, 0) is 24.6 Å². The van der Waals surface area contributed by atoms with E-state index in [-0.39, 0.29) is 0 Å². The van der Waals surface area contributed by atoms with Crippen LogP contribution in [0.5, 0.6) is 0 Å². The van der Waals surface area contributed by atoms with Gasteiger partial charge in [-0.25, -0.2) is 14.5 Å². The van der Waals surface area contributed by atoms with Gasteiger partial charge >= 0.3 is 5.97 Å². The third kappa shape index (κ3) is 2.48. The molecule has 0 saturated heterocycles. The summed E-state index contributed by atoms with van der Waals surface area (Å²) in [6, 6.07) is 4.69. The van der Waals surface area contributed by atoms with Crippen molar-refractivity contribution in [1.29, 1.82) is 0 Å². The Hall–Kier alpha value is -2.37. The van der Waals surface area contributed by atoms with Gasteiger partial charge in [-0.3, -0.25) is 0 Å². The number of rotatable bonds is 5. The van der Waals surface area contributed by atoms with E-state index in [1.54, 1.807) is 41.5 Å². The molecule has 0 aliphatic carbocycles. The fourth-order valence-corrected chi connectivity index (χ4v) is 1.61. The molecule has 1 unspecified atom stereocenters. The quantitative estimate of drug-likeness (QED) is 0.836. The molecule has 2 aromatic rings. The van der Waals surface area contributed by atoms with Gasteiger partial charge in [0.05, 0.1) is 5.69 Å². The van der Waals surface area contributed by atoms with E-state index in [4.69, 9.17) is 5.11 Å². The molecule has 6 heteroatoms. The second-order valence-electron chi connectivity index (χ2n) is 3.77. The molecule has 0 spiro atoms. The summed E-state index contributed by atoms with van der Waals surface area (Å²) in [5, 5.41) is 16.1. The fourth-order valence-electron chi connectivity index (χ4n) is 1.61. The molecule has 0 fully saturated rings. The van der Waals surface area contributed by atoms with E-state index in [0.717, 1.165) is 0 Å². The minimum Gasteiger partial charge on any atom is -0.480 e. The fraction of sp³-hybridized carbons (Fsp3) is 0.250. The van der Waals surface area contributed by atoms with Crippen LogP contribution in [0.2, 0.25) is 0 Å². The molecule has 2 aromatic heterocycles. The zero-order chi connectivity index (χ0) is 13.0. The predicted octanol–water partition coefficient (Wildman–Crippen LogP) is 1.54. The Kier molecular flexibility index (Phi) is 3.57. The number of anilines is 1. The third-order valence-corrected chi connectivity index (χ3v) is 2.54. The van der Waals surface area contributed by atoms with Crippen molar-refractivity contribution in [1.82, 2.24) is 14.8 Å². The Labute approximate surface area is 104 Å². The highest BCUT2D eigenvalue weighted by Crippen LogP contribution is 2.17. The van der Waals surface area contributed by atoms with E-state index in [1.165, 1.54) is 0 Å². The molecule has 1 atom stereocenters. The van der Waals surface area contributed by atoms with Crippen molar-refractivity contribution in [3.8, 4) is 5.82 Å². The van der Waals surface area contributed by atoms with Gasteiger partial charge in [-0.2, -0.15) is 5.10 Å². The number of nitrogens with one attached hydrogen (secondary N) is 1. The average Bonchev–Trinajstić information content (AvgIpc) is 2.89. The topological polar surface area (TPSA) is 80.0 Å². The van der Waals surface area contributed by atoms with Crippen LogP contribution in [0.3, 0.4) is 0 Å². The second-order valence-corrected chi connectivity index (χ2v) is 3.77. The van der Waals surface area contributed by atoms with Gasteiger partial charge in [-0.15, -0.1) is 0 Å². The first-order valence-electron chi connectivity index (χ1n) is 5.66. The summed E-state index contributed by atoms with van der Waals surface area (Å²) in [5.74, 6) is -0.296. The number of aliphatic carboxylic acids is 1. The highest BCUT2D eigenvalue weighted by Gasteiger charge is 2.16. The van der Waals surface area contributed by atoms with Gasteiger partial charge in [0.1, 0.15) is 6.04 Å². The number of carboxylic acid groups (broad SMARTS) is 1. The van der Waals surface area contributed by atoms with Crippen LogP contribution in [0.4, 0.5) is 5.69 Å². The maximum Gasteiger partial charge on any atom is 0.326 e. The lowest BCUT2D eigenvalue weighted by molar-refractivity contribution is -0.137. The predicted molar refractivity (Wildman–Crippen MR) is 66.7 cm³/mol. The zero-order valence-corrected chi connectivity index (χ0v) is 9.95. The van der Waals surface area contributed by atoms with Crippen molar-refractivity contribution >= 4 is 11.7 Å². The Morgan fingerprint density at radius 3 is 2.94 bits per heavy atom. The smallest absolute Gasteiger partial charge is 0.326 e. The Bertz CT molecular complexity index is 525. The first-order chi connectivity index (χ1) is 8.72. The van der Waals surface area contributed by atoms with Crippen LogP contribution in [-0.4, -0.2) is 31.9 Å². The third-order valence-electron chi connectivity index (χ3n) is 2.54. The van der Waals surface area contributed by atoms with Crippen molar-refractivity contribution in [2.24, 2.45) is 0 Å². The molecular weight excluding hydrogens is 232 g/mol. The van der Waals surface area contributed by atoms with E-state index < -0.39 is 12.0 Å². The minimum atomic E-state index is -0.882. The summed E-state index contributed by atoms with van der Waals surface area (Å²) >= 11 is 0. The maximum absolute atomic E-state index is 11.0. The highest BCUT2D eigenvalue weighted by atomic mass is 16.4. The average molecular weight is 246 g/mol. The summed E-state index contributed by atoms with van der Waals surface area (Å²) in [4.78, 5) is 15.2. The molecule has 0 saturated carbocycles. The molecule has 0 aromatic carbocycles. The van der Waals surface area contributed by atoms with Crippen molar-refractivity contribution in [3.05, 3.63) is 36.8 Å². The van der Waals surface area contributed by atoms with Crippen molar-refractivity contribution in [2.45, 2.75) is 19.4 Å². The molecular formula is C12H14N4O2. The largest absolute Gasteiger partial charge is 0.480 e. The molecule has 2 heterocycles. The molecule has 2 rings (SSSR count). The maximum atomic E-state index is 11.0. The van der Waals surface area contributed by atoms with Gasteiger partial charge in [0.2, 0.25) is 0 Å². The number of carbonyl (C=O) groups is 1. The van der Waals surface area contributed by atoms with Crippen LogP contribution >= 0.6 is 0 Å². The molecule has 0 amide bonds. The van der Waals surface area contributed by atoms with Gasteiger partial charge in [-0.1, -0.05) is 6.92 Å². The van der Waals surface area contributed by atoms with Crippen LogP contribution in [0.15, 0.2) is 36.8 Å². The van der Waals surface area contributed by atoms with E-state index in [9.17, 15) is 4.79 Å². The molecule has 0 radical (unpaired) electrons. The monoisotopic (exact) mass is 246 g/mol. The van der Waals surface area contributed by atoms with Gasteiger partial charge < -0.3 is 10.4 Å². The zero-order valence-electron chi connectivity index (χ0n) is 9.95. The first-order valence-corrected chi connectivity index (χ1v) is 5.66. The van der Waals surface area contributed by atoms with Crippen LogP contribution in [-0.2, 0) is 4.79 Å². The molecule has 0 aliphatic heterocycles. The Balaban J connectivity index is 2.31. The number of aromatic nitrogens is 3. The Morgan fingerprint density at radius 1 is 1.50 bits per heavy atom. The minimum absolute atomic E-state index is 0.489. The van der Waals surface area contributed by atoms with Crippen LogP contribution in [0.1, 0.15) is 13.3 Å². The van der Waals surface area contributed by atoms with Crippen molar-refractivity contribution in [3.63, 3.8) is 0 Å². The van der Waals surface area contributed by atoms with Crippen LogP contribution < -0.4 is 5.32 Å². The first kappa shape index (κ1) is 12.1. The number of pyridine rings is 1. The second kappa shape index (κ2) is 5.31. The van der Waals surface area contributed by atoms with Crippen LogP contribution in [0.25, 0.3) is 5.82 Å². The molecule has 6 nitrogen and oxygen atoms in total. The Morgan fingerprint density at radius 2 is 2.33 bits per heavy atom. The summed E-state index contributed by atoms with van der Waals surface area (Å²) in [7, 11) is 0. The molecule has 0 bridgehead atoms. The van der Waals surface area contributed by atoms with Crippen molar-refractivity contribution in [2.75, 3.05) is 5.32 Å². The van der Waals surface area contributed by atoms with Gasteiger partial charge in [0.25, 0.3) is 0 Å². The number of carboxylic acids is 1. The van der Waals surface area contributed by atoms with E-state index >= 15 is 0 Å². The van der Waals surface area contributed by atoms with Crippen molar-refractivity contribution < 1.29 is 9.90 Å². The van der Waals surface area contributed by atoms with Gasteiger partial charge in [0, 0.05) is 18.6 Å². The van der Waals surface area contributed by atoms with E-state index in [0.29, 0.717) is 17.9 Å². The number of hydrogen-bond donors (Lipinski definition) is 2. The van der Waals surface area contributed by atoms with E-state index in [1.807, 2.05) is 6.92 Å². The number of hydrogen-bond acceptors (Lipinski definition) is 4. The molecule has 2 N–H and O–H groups in total. The highest BCUT2D eigenvalue weighted by molar-refractivity contribution is 5.78. The summed E-state index contributed by atoms with van der Waals surface area (Å²) in [5.41, 5.74) is 0.649. The van der Waals surface area contributed by atoms with E-state index in [2.05, 4.69) is 15.4 Å². The summed E-state index contributed by atoms with van der Waals surface area (Å²) < 4.78 is 1.59. The molecule has 0 aliphatic rings. The van der Waals surface area contributed by atoms with Crippen LogP contribution in [0, 0.1) is 0 Å². The van der Waals surface area contributed by atoms with Gasteiger partial charge in [0.15, 0.2) is 5.82 Å². The SMILES string of the molecule is CCC(Nc1cccnc1-n1cccn1)C(=O)O. The summed E-state index contributed by atoms with van der Waals surface area (Å²) in [6.45, 7) is 1.82. The normalized spacial score (nSPS) is 12.1. The molecule has 94 valence electrons. The molecule has 18 heavy (non-hydrogen) atoms. The lowest BCUT2D eigenvalue weighted by atomic mass is 10.2. The lowest BCUT2D eigenvalue weighted by Gasteiger charge is -2.15. The summed E-state index contributed by atoms with van der Waals surface area (Å²) in [6.07, 6.45) is 5.54. The lowest BCUT2D eigenvalue weighted by Crippen LogP contribution is -2.29.